The number of carbonyl (C=O) groups excluding carboxylic acids is 3. The molecular formula is C57H106O6. The number of esters is 3. The highest BCUT2D eigenvalue weighted by Gasteiger charge is 2.19. The average molecular weight is 887 g/mol. The van der Waals surface area contributed by atoms with Gasteiger partial charge < -0.3 is 14.2 Å². The number of unbranched alkanes of at least 4 members (excludes halogenated alkanes) is 36. The van der Waals surface area contributed by atoms with E-state index >= 15 is 0 Å². The van der Waals surface area contributed by atoms with Crippen LogP contribution in [0.1, 0.15) is 303 Å². The summed E-state index contributed by atoms with van der Waals surface area (Å²) in [6.07, 6.45) is 60.2. The van der Waals surface area contributed by atoms with Crippen LogP contribution in [0.15, 0.2) is 24.3 Å². The van der Waals surface area contributed by atoms with Crippen LogP contribution in [0.2, 0.25) is 0 Å². The van der Waals surface area contributed by atoms with Crippen LogP contribution in [0.25, 0.3) is 0 Å². The van der Waals surface area contributed by atoms with Crippen LogP contribution in [-0.4, -0.2) is 37.2 Å². The number of allylic oxidation sites excluding steroid dienone is 4. The van der Waals surface area contributed by atoms with Gasteiger partial charge >= 0.3 is 17.9 Å². The number of carbonyl (C=O) groups is 3. The van der Waals surface area contributed by atoms with Gasteiger partial charge in [0, 0.05) is 19.3 Å². The lowest BCUT2D eigenvalue weighted by Gasteiger charge is -2.18. The Morgan fingerprint density at radius 3 is 0.810 bits per heavy atom. The van der Waals surface area contributed by atoms with Gasteiger partial charge in [0.2, 0.25) is 0 Å². The van der Waals surface area contributed by atoms with E-state index in [1.54, 1.807) is 0 Å². The first-order chi connectivity index (χ1) is 31.0. The van der Waals surface area contributed by atoms with Gasteiger partial charge in [-0.25, -0.2) is 0 Å². The van der Waals surface area contributed by atoms with Gasteiger partial charge in [-0.2, -0.15) is 0 Å². The van der Waals surface area contributed by atoms with E-state index in [0.29, 0.717) is 19.3 Å². The average Bonchev–Trinajstić information content (AvgIpc) is 3.28. The lowest BCUT2D eigenvalue weighted by molar-refractivity contribution is -0.167. The van der Waals surface area contributed by atoms with E-state index in [2.05, 4.69) is 45.1 Å². The van der Waals surface area contributed by atoms with Gasteiger partial charge in [0.05, 0.1) is 0 Å². The minimum absolute atomic E-state index is 0.0730. The number of hydrogen-bond donors (Lipinski definition) is 0. The molecule has 0 unspecified atom stereocenters. The molecule has 6 nitrogen and oxygen atoms in total. The Morgan fingerprint density at radius 2 is 0.524 bits per heavy atom. The van der Waals surface area contributed by atoms with Crippen LogP contribution in [0, 0.1) is 0 Å². The van der Waals surface area contributed by atoms with Crippen molar-refractivity contribution in [3.8, 4) is 0 Å². The first-order valence-corrected chi connectivity index (χ1v) is 27.8. The summed E-state index contributed by atoms with van der Waals surface area (Å²) in [6, 6.07) is 0. The minimum atomic E-state index is -0.774. The summed E-state index contributed by atoms with van der Waals surface area (Å²) in [5, 5.41) is 0. The van der Waals surface area contributed by atoms with Crippen molar-refractivity contribution in [2.24, 2.45) is 0 Å². The zero-order valence-corrected chi connectivity index (χ0v) is 42.4. The number of hydrogen-bond acceptors (Lipinski definition) is 6. The van der Waals surface area contributed by atoms with Crippen LogP contribution < -0.4 is 0 Å². The third-order valence-corrected chi connectivity index (χ3v) is 12.4. The topological polar surface area (TPSA) is 78.9 Å². The third kappa shape index (κ3) is 50.7. The van der Waals surface area contributed by atoms with Crippen molar-refractivity contribution < 1.29 is 28.6 Å². The Hall–Kier alpha value is -2.11. The van der Waals surface area contributed by atoms with Gasteiger partial charge in [-0.3, -0.25) is 14.4 Å². The number of rotatable bonds is 51. The summed E-state index contributed by atoms with van der Waals surface area (Å²) in [6.45, 7) is 6.64. The van der Waals surface area contributed by atoms with Crippen LogP contribution in [0.4, 0.5) is 0 Å². The molecule has 0 aliphatic heterocycles. The first kappa shape index (κ1) is 60.9. The molecule has 0 fully saturated rings. The van der Waals surface area contributed by atoms with Crippen molar-refractivity contribution in [2.75, 3.05) is 13.2 Å². The molecular weight excluding hydrogens is 781 g/mol. The number of ether oxygens (including phenoxy) is 3. The van der Waals surface area contributed by atoms with Crippen LogP contribution in [0.5, 0.6) is 0 Å². The van der Waals surface area contributed by atoms with Gasteiger partial charge in [0.1, 0.15) is 13.2 Å². The smallest absolute Gasteiger partial charge is 0.306 e. The molecule has 0 aromatic heterocycles. The van der Waals surface area contributed by atoms with E-state index in [1.165, 1.54) is 193 Å². The first-order valence-electron chi connectivity index (χ1n) is 27.8. The summed E-state index contributed by atoms with van der Waals surface area (Å²) in [4.78, 5) is 38.0. The fourth-order valence-electron chi connectivity index (χ4n) is 8.20. The van der Waals surface area contributed by atoms with Gasteiger partial charge in [-0.15, -0.1) is 0 Å². The third-order valence-electron chi connectivity index (χ3n) is 12.4. The van der Waals surface area contributed by atoms with Gasteiger partial charge in [0.15, 0.2) is 6.10 Å². The predicted molar refractivity (Wildman–Crippen MR) is 270 cm³/mol. The molecule has 0 saturated heterocycles. The molecule has 0 aliphatic rings. The predicted octanol–water partition coefficient (Wildman–Crippen LogP) is 18.3. The molecule has 0 spiro atoms. The molecule has 0 amide bonds. The lowest BCUT2D eigenvalue weighted by Crippen LogP contribution is -2.30. The molecule has 63 heavy (non-hydrogen) atoms. The summed E-state index contributed by atoms with van der Waals surface area (Å²) in [5.41, 5.74) is 0. The minimum Gasteiger partial charge on any atom is -0.462 e. The molecule has 0 radical (unpaired) electrons. The molecule has 6 heteroatoms. The summed E-state index contributed by atoms with van der Waals surface area (Å²) >= 11 is 0. The highest BCUT2D eigenvalue weighted by Crippen LogP contribution is 2.16. The van der Waals surface area contributed by atoms with Crippen molar-refractivity contribution in [3.05, 3.63) is 24.3 Å². The van der Waals surface area contributed by atoms with Crippen molar-refractivity contribution in [2.45, 2.75) is 309 Å². The highest BCUT2D eigenvalue weighted by atomic mass is 16.6. The summed E-state index contributed by atoms with van der Waals surface area (Å²) < 4.78 is 16.8. The molecule has 0 aliphatic carbocycles. The van der Waals surface area contributed by atoms with Crippen LogP contribution in [-0.2, 0) is 28.6 Å². The molecule has 0 aromatic carbocycles. The van der Waals surface area contributed by atoms with E-state index in [-0.39, 0.29) is 31.1 Å². The standard InChI is InChI=1S/C57H106O6/c1-4-7-10-13-16-19-22-25-27-28-30-32-35-38-41-44-47-50-56(59)62-53-54(52-61-55(58)49-46-43-40-37-34-31-24-21-18-15-12-9-6-3)63-57(60)51-48-45-42-39-36-33-29-26-23-20-17-14-11-8-5-2/h21,24,26,29,54H,4-20,22-23,25,27-28,30-53H2,1-3H3/t54-/m1/s1. The second-order valence-electron chi connectivity index (χ2n) is 18.8. The van der Waals surface area contributed by atoms with E-state index in [0.717, 1.165) is 70.6 Å². The second kappa shape index (κ2) is 52.5. The second-order valence-corrected chi connectivity index (χ2v) is 18.8. The molecule has 1 atom stereocenters. The van der Waals surface area contributed by atoms with E-state index < -0.39 is 6.10 Å². The normalized spacial score (nSPS) is 12.1. The summed E-state index contributed by atoms with van der Waals surface area (Å²) in [7, 11) is 0. The molecule has 0 N–H and O–H groups in total. The monoisotopic (exact) mass is 887 g/mol. The Labute approximate surface area is 392 Å². The van der Waals surface area contributed by atoms with E-state index in [1.807, 2.05) is 0 Å². The van der Waals surface area contributed by atoms with E-state index in [9.17, 15) is 14.4 Å². The van der Waals surface area contributed by atoms with E-state index in [4.69, 9.17) is 14.2 Å². The van der Waals surface area contributed by atoms with Crippen molar-refractivity contribution >= 4 is 17.9 Å². The van der Waals surface area contributed by atoms with Gasteiger partial charge in [-0.1, -0.05) is 238 Å². The van der Waals surface area contributed by atoms with Crippen molar-refractivity contribution in [1.82, 2.24) is 0 Å². The maximum absolute atomic E-state index is 12.8. The highest BCUT2D eigenvalue weighted by molar-refractivity contribution is 5.71. The SMILES string of the molecule is CCCCCCC=CCCCCCCCC(=O)OC[C@H](COC(=O)CCCCCCCCCCCCCCCCCCC)OC(=O)CCCCCCCC=CCCCCCCCC. The van der Waals surface area contributed by atoms with Gasteiger partial charge in [-0.05, 0) is 70.6 Å². The van der Waals surface area contributed by atoms with Crippen LogP contribution >= 0.6 is 0 Å². The maximum atomic E-state index is 12.8. The molecule has 0 heterocycles. The Balaban J connectivity index is 4.34. The van der Waals surface area contributed by atoms with Crippen molar-refractivity contribution in [3.63, 3.8) is 0 Å². The Kier molecular flexibility index (Phi) is 50.8. The lowest BCUT2D eigenvalue weighted by atomic mass is 10.0. The molecule has 0 rings (SSSR count). The fraction of sp³-hybridized carbons (Fsp3) is 0.877. The quantitative estimate of drug-likeness (QED) is 0.0262. The van der Waals surface area contributed by atoms with Gasteiger partial charge in [0.25, 0.3) is 0 Å². The molecule has 0 aromatic rings. The Morgan fingerprint density at radius 1 is 0.302 bits per heavy atom. The zero-order valence-electron chi connectivity index (χ0n) is 42.4. The fourth-order valence-corrected chi connectivity index (χ4v) is 8.20. The largest absolute Gasteiger partial charge is 0.462 e. The molecule has 370 valence electrons. The van der Waals surface area contributed by atoms with Crippen molar-refractivity contribution in [1.29, 1.82) is 0 Å². The zero-order chi connectivity index (χ0) is 45.8. The molecule has 0 bridgehead atoms. The van der Waals surface area contributed by atoms with Crippen LogP contribution in [0.3, 0.4) is 0 Å². The Bertz CT molecular complexity index is 1020. The summed E-state index contributed by atoms with van der Waals surface area (Å²) in [5.74, 6) is -0.874. The maximum Gasteiger partial charge on any atom is 0.306 e. The molecule has 0 saturated carbocycles.